The largest absolute Gasteiger partial charge is 0.497 e. The van der Waals surface area contributed by atoms with Gasteiger partial charge in [0.1, 0.15) is 5.75 Å². The first kappa shape index (κ1) is 12.9. The predicted octanol–water partition coefficient (Wildman–Crippen LogP) is 1.94. The molecule has 0 saturated carbocycles. The molecule has 1 saturated heterocycles. The molecule has 0 aromatic heterocycles. The molecule has 1 aromatic rings. The minimum Gasteiger partial charge on any atom is -0.497 e. The Labute approximate surface area is 108 Å². The number of rotatable bonds is 3. The molecule has 0 radical (unpaired) electrons. The van der Waals surface area contributed by atoms with Gasteiger partial charge in [-0.2, -0.15) is 0 Å². The fraction of sp³-hybridized carbons (Fsp3) is 0.500. The van der Waals surface area contributed by atoms with E-state index in [0.29, 0.717) is 0 Å². The maximum Gasteiger partial charge on any atom is 0.231 e. The van der Waals surface area contributed by atoms with Crippen molar-refractivity contribution in [2.45, 2.75) is 20.3 Å². The monoisotopic (exact) mass is 248 g/mol. The molecule has 2 rings (SSSR count). The molecule has 0 aliphatic carbocycles. The van der Waals surface area contributed by atoms with Crippen LogP contribution in [0.5, 0.6) is 5.75 Å². The number of nitrogens with one attached hydrogen (secondary N) is 2. The minimum absolute atomic E-state index is 0.0730. The summed E-state index contributed by atoms with van der Waals surface area (Å²) in [6.07, 6.45) is 0.877. The van der Waals surface area contributed by atoms with Crippen LogP contribution in [0.25, 0.3) is 0 Å². The Bertz CT molecular complexity index is 451. The van der Waals surface area contributed by atoms with Gasteiger partial charge in [-0.3, -0.25) is 4.79 Å². The summed E-state index contributed by atoms with van der Waals surface area (Å²) in [5.74, 6) is 0.828. The number of carbonyl (C=O) groups is 1. The average molecular weight is 248 g/mol. The number of carbonyl (C=O) groups excluding carboxylic acids is 1. The standard InChI is InChI=1S/C14H20N2O2/c1-10-4-5-11(18-3)8-12(10)16-13(17)14(2)6-7-15-9-14/h4-5,8,15H,6-7,9H2,1-3H3,(H,16,17). The number of methoxy groups -OCH3 is 1. The third-order valence-corrected chi connectivity index (χ3v) is 3.61. The second-order valence-electron chi connectivity index (χ2n) is 5.12. The molecule has 2 N–H and O–H groups in total. The van der Waals surface area contributed by atoms with Gasteiger partial charge in [0.25, 0.3) is 0 Å². The molecule has 4 heteroatoms. The van der Waals surface area contributed by atoms with Crippen LogP contribution in [-0.4, -0.2) is 26.1 Å². The Hall–Kier alpha value is -1.55. The molecule has 18 heavy (non-hydrogen) atoms. The molecular weight excluding hydrogens is 228 g/mol. The molecule has 1 heterocycles. The summed E-state index contributed by atoms with van der Waals surface area (Å²) < 4.78 is 5.18. The summed E-state index contributed by atoms with van der Waals surface area (Å²) in [7, 11) is 1.62. The summed E-state index contributed by atoms with van der Waals surface area (Å²) in [4.78, 5) is 12.3. The quantitative estimate of drug-likeness (QED) is 0.859. The first-order chi connectivity index (χ1) is 8.55. The van der Waals surface area contributed by atoms with E-state index in [1.807, 2.05) is 32.0 Å². The second kappa shape index (κ2) is 4.98. The van der Waals surface area contributed by atoms with E-state index in [2.05, 4.69) is 10.6 Å². The maximum absolute atomic E-state index is 12.3. The van der Waals surface area contributed by atoms with Crippen LogP contribution in [0.4, 0.5) is 5.69 Å². The van der Waals surface area contributed by atoms with E-state index < -0.39 is 0 Å². The van der Waals surface area contributed by atoms with Gasteiger partial charge in [0, 0.05) is 18.3 Å². The Kier molecular flexibility index (Phi) is 3.57. The normalized spacial score (nSPS) is 22.8. The predicted molar refractivity (Wildman–Crippen MR) is 72.0 cm³/mol. The fourth-order valence-electron chi connectivity index (χ4n) is 2.15. The number of hydrogen-bond donors (Lipinski definition) is 2. The molecule has 1 unspecified atom stereocenters. The number of aryl methyl sites for hydroxylation is 1. The SMILES string of the molecule is COc1ccc(C)c(NC(=O)C2(C)CCNC2)c1. The number of benzene rings is 1. The molecule has 1 aromatic carbocycles. The Morgan fingerprint density at radius 3 is 2.89 bits per heavy atom. The Morgan fingerprint density at radius 2 is 2.28 bits per heavy atom. The first-order valence-electron chi connectivity index (χ1n) is 6.22. The van der Waals surface area contributed by atoms with E-state index in [9.17, 15) is 4.79 Å². The zero-order chi connectivity index (χ0) is 13.2. The van der Waals surface area contributed by atoms with Gasteiger partial charge in [-0.1, -0.05) is 6.07 Å². The zero-order valence-corrected chi connectivity index (χ0v) is 11.2. The molecule has 1 amide bonds. The molecule has 1 atom stereocenters. The molecule has 4 nitrogen and oxygen atoms in total. The van der Waals surface area contributed by atoms with Crippen LogP contribution in [0.2, 0.25) is 0 Å². The van der Waals surface area contributed by atoms with E-state index >= 15 is 0 Å². The lowest BCUT2D eigenvalue weighted by Gasteiger charge is -2.22. The van der Waals surface area contributed by atoms with Crippen molar-refractivity contribution in [2.24, 2.45) is 5.41 Å². The molecule has 1 aliphatic rings. The fourth-order valence-corrected chi connectivity index (χ4v) is 2.15. The van der Waals surface area contributed by atoms with Crippen molar-refractivity contribution in [1.29, 1.82) is 0 Å². The third kappa shape index (κ3) is 2.48. The molecule has 1 fully saturated rings. The van der Waals surface area contributed by atoms with Crippen molar-refractivity contribution in [2.75, 3.05) is 25.5 Å². The van der Waals surface area contributed by atoms with Crippen LogP contribution in [0.1, 0.15) is 18.9 Å². The van der Waals surface area contributed by atoms with E-state index in [-0.39, 0.29) is 11.3 Å². The number of amides is 1. The maximum atomic E-state index is 12.3. The lowest BCUT2D eigenvalue weighted by atomic mass is 9.88. The minimum atomic E-state index is -0.310. The summed E-state index contributed by atoms with van der Waals surface area (Å²) >= 11 is 0. The van der Waals surface area contributed by atoms with Gasteiger partial charge in [0.05, 0.1) is 12.5 Å². The average Bonchev–Trinajstić information content (AvgIpc) is 2.80. The molecule has 0 spiro atoms. The highest BCUT2D eigenvalue weighted by Gasteiger charge is 2.36. The van der Waals surface area contributed by atoms with E-state index in [4.69, 9.17) is 4.74 Å². The van der Waals surface area contributed by atoms with Crippen molar-refractivity contribution in [3.8, 4) is 5.75 Å². The van der Waals surface area contributed by atoms with Gasteiger partial charge in [0.15, 0.2) is 0 Å². The van der Waals surface area contributed by atoms with Crippen molar-refractivity contribution < 1.29 is 9.53 Å². The van der Waals surface area contributed by atoms with Crippen molar-refractivity contribution in [3.63, 3.8) is 0 Å². The zero-order valence-electron chi connectivity index (χ0n) is 11.2. The van der Waals surface area contributed by atoms with E-state index in [1.54, 1.807) is 7.11 Å². The van der Waals surface area contributed by atoms with E-state index in [1.165, 1.54) is 0 Å². The summed E-state index contributed by atoms with van der Waals surface area (Å²) in [6, 6.07) is 5.70. The highest BCUT2D eigenvalue weighted by atomic mass is 16.5. The third-order valence-electron chi connectivity index (χ3n) is 3.61. The molecule has 1 aliphatic heterocycles. The highest BCUT2D eigenvalue weighted by molar-refractivity contribution is 5.96. The number of ether oxygens (including phenoxy) is 1. The van der Waals surface area contributed by atoms with Gasteiger partial charge >= 0.3 is 0 Å². The van der Waals surface area contributed by atoms with Gasteiger partial charge in [-0.15, -0.1) is 0 Å². The summed E-state index contributed by atoms with van der Waals surface area (Å²) in [5.41, 5.74) is 1.56. The van der Waals surface area contributed by atoms with Gasteiger partial charge < -0.3 is 15.4 Å². The van der Waals surface area contributed by atoms with Crippen LogP contribution in [-0.2, 0) is 4.79 Å². The van der Waals surface area contributed by atoms with Crippen LogP contribution >= 0.6 is 0 Å². The molecular formula is C14H20N2O2. The topological polar surface area (TPSA) is 50.4 Å². The molecule has 0 bridgehead atoms. The number of anilines is 1. The van der Waals surface area contributed by atoms with Crippen LogP contribution in [0.3, 0.4) is 0 Å². The number of hydrogen-bond acceptors (Lipinski definition) is 3. The van der Waals surface area contributed by atoms with Crippen molar-refractivity contribution in [1.82, 2.24) is 5.32 Å². The van der Waals surface area contributed by atoms with Gasteiger partial charge in [-0.05, 0) is 38.4 Å². The van der Waals surface area contributed by atoms with E-state index in [0.717, 1.165) is 36.5 Å². The Morgan fingerprint density at radius 1 is 1.50 bits per heavy atom. The lowest BCUT2D eigenvalue weighted by molar-refractivity contribution is -0.123. The van der Waals surface area contributed by atoms with Crippen molar-refractivity contribution >= 4 is 11.6 Å². The lowest BCUT2D eigenvalue weighted by Crippen LogP contribution is -2.35. The first-order valence-corrected chi connectivity index (χ1v) is 6.22. The van der Waals surface area contributed by atoms with Gasteiger partial charge in [-0.25, -0.2) is 0 Å². The van der Waals surface area contributed by atoms with Crippen LogP contribution in [0.15, 0.2) is 18.2 Å². The van der Waals surface area contributed by atoms with Gasteiger partial charge in [0.2, 0.25) is 5.91 Å². The van der Waals surface area contributed by atoms with Crippen molar-refractivity contribution in [3.05, 3.63) is 23.8 Å². The smallest absolute Gasteiger partial charge is 0.231 e. The summed E-state index contributed by atoms with van der Waals surface area (Å²) in [5, 5.41) is 6.24. The van der Waals surface area contributed by atoms with Crippen LogP contribution in [0, 0.1) is 12.3 Å². The highest BCUT2D eigenvalue weighted by Crippen LogP contribution is 2.28. The summed E-state index contributed by atoms with van der Waals surface area (Å²) in [6.45, 7) is 5.62. The Balaban J connectivity index is 2.16. The second-order valence-corrected chi connectivity index (χ2v) is 5.12. The molecule has 98 valence electrons. The van der Waals surface area contributed by atoms with Crippen LogP contribution < -0.4 is 15.4 Å².